The molecule has 3 aromatic heterocycles. The maximum Gasteiger partial charge on any atom is 0.332 e. The molecule has 11 nitrogen and oxygen atoms in total. The minimum absolute atomic E-state index is 0.0439. The lowest BCUT2D eigenvalue weighted by atomic mass is 9.92. The molecule has 0 saturated carbocycles. The van der Waals surface area contributed by atoms with Crippen LogP contribution >= 0.6 is 0 Å². The number of hydrogen-bond acceptors (Lipinski definition) is 7. The van der Waals surface area contributed by atoms with Crippen LogP contribution in [0.15, 0.2) is 76.8 Å². The van der Waals surface area contributed by atoms with Gasteiger partial charge in [0.15, 0.2) is 0 Å². The van der Waals surface area contributed by atoms with Gasteiger partial charge in [0.25, 0.3) is 11.2 Å². The molecule has 0 atom stereocenters. The van der Waals surface area contributed by atoms with Crippen LogP contribution in [0, 0.1) is 27.8 Å². The predicted molar refractivity (Wildman–Crippen MR) is 145 cm³/mol. The maximum absolute atomic E-state index is 14.8. The lowest BCUT2D eigenvalue weighted by Crippen LogP contribution is -2.29. The molecule has 1 radical (unpaired) electrons. The van der Waals surface area contributed by atoms with Crippen molar-refractivity contribution in [1.82, 2.24) is 29.2 Å². The average molecular weight is 559 g/mol. The number of halogens is 2. The maximum atomic E-state index is 14.8. The molecule has 0 saturated heterocycles. The van der Waals surface area contributed by atoms with Crippen molar-refractivity contribution in [2.45, 2.75) is 13.0 Å². The van der Waals surface area contributed by atoms with Crippen LogP contribution in [0.4, 0.5) is 14.5 Å². The van der Waals surface area contributed by atoms with Crippen molar-refractivity contribution in [3.8, 4) is 22.6 Å². The van der Waals surface area contributed by atoms with E-state index >= 15 is 0 Å². The van der Waals surface area contributed by atoms with Crippen LogP contribution in [0.25, 0.3) is 22.6 Å². The molecule has 0 aliphatic carbocycles. The van der Waals surface area contributed by atoms with Crippen molar-refractivity contribution in [2.24, 2.45) is 0 Å². The van der Waals surface area contributed by atoms with Gasteiger partial charge in [-0.2, -0.15) is 5.10 Å². The van der Waals surface area contributed by atoms with E-state index in [4.69, 9.17) is 0 Å². The van der Waals surface area contributed by atoms with Crippen LogP contribution in [0.2, 0.25) is 0 Å². The standard InChI is InChI=1S/C28H22F2N7O4/c1-34(2)16-18-13-17(14-20-21(29)5-3-6-22(20)30)26(35-12-9-24(38)33-28(35)39)25(27(18)37(40)41)23-8-7-19(15-31-23)36-11-4-10-32-36/h3-12,15H,14,16H2,1-2H3,(H,33,38,39). The Morgan fingerprint density at radius 2 is 1.80 bits per heavy atom. The second-order valence-corrected chi connectivity index (χ2v) is 9.36. The molecule has 0 amide bonds. The Kier molecular flexibility index (Phi) is 7.36. The third kappa shape index (κ3) is 5.43. The molecule has 0 aliphatic rings. The molecular weight excluding hydrogens is 536 g/mol. The first-order valence-electron chi connectivity index (χ1n) is 12.3. The second kappa shape index (κ2) is 11.1. The Hall–Kier alpha value is -5.30. The minimum atomic E-state index is -0.912. The highest BCUT2D eigenvalue weighted by Crippen LogP contribution is 2.40. The van der Waals surface area contributed by atoms with E-state index in [1.54, 1.807) is 48.2 Å². The zero-order valence-electron chi connectivity index (χ0n) is 21.8. The first kappa shape index (κ1) is 27.3. The van der Waals surface area contributed by atoms with Gasteiger partial charge in [0.05, 0.1) is 33.8 Å². The summed E-state index contributed by atoms with van der Waals surface area (Å²) in [6.45, 7) is 0.0439. The van der Waals surface area contributed by atoms with Crippen LogP contribution < -0.4 is 11.2 Å². The quantitative estimate of drug-likeness (QED) is 0.228. The SMILES string of the molecule is CN(C)Cc1[c]c(Cc2c(F)cccc2F)c(-n2ccc(=O)[nH]c2=O)c(-c2ccc(-n3cccn3)cn2)c1[N+](=O)[O-]. The molecule has 0 aliphatic heterocycles. The van der Waals surface area contributed by atoms with Crippen molar-refractivity contribution in [1.29, 1.82) is 0 Å². The molecule has 1 N–H and O–H groups in total. The number of H-pyrrole nitrogens is 1. The van der Waals surface area contributed by atoms with Gasteiger partial charge in [-0.05, 0) is 56.1 Å². The highest BCUT2D eigenvalue weighted by atomic mass is 19.1. The van der Waals surface area contributed by atoms with Gasteiger partial charge in [0.1, 0.15) is 17.2 Å². The molecule has 0 bridgehead atoms. The summed E-state index contributed by atoms with van der Waals surface area (Å²) in [5, 5.41) is 16.8. The molecule has 41 heavy (non-hydrogen) atoms. The van der Waals surface area contributed by atoms with E-state index in [9.17, 15) is 28.5 Å². The van der Waals surface area contributed by atoms with Gasteiger partial charge in [-0.25, -0.2) is 18.3 Å². The van der Waals surface area contributed by atoms with E-state index in [1.165, 1.54) is 18.3 Å². The van der Waals surface area contributed by atoms with E-state index in [1.807, 2.05) is 0 Å². The Balaban J connectivity index is 1.89. The van der Waals surface area contributed by atoms with Gasteiger partial charge in [-0.3, -0.25) is 29.4 Å². The molecule has 5 rings (SSSR count). The number of nitro groups is 1. The Labute approximate surface area is 231 Å². The minimum Gasteiger partial charge on any atom is -0.305 e. The summed E-state index contributed by atoms with van der Waals surface area (Å²) in [6, 6.07) is 12.3. The van der Waals surface area contributed by atoms with Crippen molar-refractivity contribution in [3.63, 3.8) is 0 Å². The van der Waals surface area contributed by atoms with E-state index < -0.39 is 39.9 Å². The summed E-state index contributed by atoms with van der Waals surface area (Å²) in [6.07, 6.45) is 5.45. The molecule has 2 aromatic carbocycles. The second-order valence-electron chi connectivity index (χ2n) is 9.36. The fourth-order valence-electron chi connectivity index (χ4n) is 4.55. The van der Waals surface area contributed by atoms with E-state index in [2.05, 4.69) is 21.1 Å². The monoisotopic (exact) mass is 558 g/mol. The summed E-state index contributed by atoms with van der Waals surface area (Å²) in [5.41, 5.74) is -1.65. The number of benzene rings is 2. The van der Waals surface area contributed by atoms with Gasteiger partial charge in [-0.15, -0.1) is 0 Å². The topological polar surface area (TPSA) is 132 Å². The fraction of sp³-hybridized carbons (Fsp3) is 0.143. The Morgan fingerprint density at radius 3 is 2.39 bits per heavy atom. The largest absolute Gasteiger partial charge is 0.332 e. The average Bonchev–Trinajstić information content (AvgIpc) is 3.46. The van der Waals surface area contributed by atoms with E-state index in [-0.39, 0.29) is 40.2 Å². The number of hydrogen-bond donors (Lipinski definition) is 1. The Bertz CT molecular complexity index is 1840. The van der Waals surface area contributed by atoms with Crippen molar-refractivity contribution in [3.05, 3.63) is 133 Å². The number of aromatic nitrogens is 5. The zero-order chi connectivity index (χ0) is 29.3. The van der Waals surface area contributed by atoms with Crippen LogP contribution in [0.5, 0.6) is 0 Å². The summed E-state index contributed by atoms with van der Waals surface area (Å²) in [4.78, 5) is 45.2. The zero-order valence-corrected chi connectivity index (χ0v) is 21.8. The molecule has 0 fully saturated rings. The normalized spacial score (nSPS) is 11.2. The molecule has 0 spiro atoms. The smallest absolute Gasteiger partial charge is 0.305 e. The molecule has 5 aromatic rings. The number of nitrogens with zero attached hydrogens (tertiary/aromatic N) is 6. The summed E-state index contributed by atoms with van der Waals surface area (Å²) in [7, 11) is 3.40. The first-order valence-corrected chi connectivity index (χ1v) is 12.3. The lowest BCUT2D eigenvalue weighted by Gasteiger charge is -2.20. The molecule has 13 heteroatoms. The third-order valence-corrected chi connectivity index (χ3v) is 6.26. The van der Waals surface area contributed by atoms with Crippen molar-refractivity contribution in [2.75, 3.05) is 14.1 Å². The first-order chi connectivity index (χ1) is 19.6. The van der Waals surface area contributed by atoms with Gasteiger partial charge in [0.2, 0.25) is 0 Å². The van der Waals surface area contributed by atoms with E-state index in [0.29, 0.717) is 5.69 Å². The summed E-state index contributed by atoms with van der Waals surface area (Å²) < 4.78 is 32.2. The van der Waals surface area contributed by atoms with Gasteiger partial charge < -0.3 is 4.90 Å². The predicted octanol–water partition coefficient (Wildman–Crippen LogP) is 3.41. The lowest BCUT2D eigenvalue weighted by molar-refractivity contribution is -0.385. The number of pyridine rings is 1. The Morgan fingerprint density at radius 1 is 1.05 bits per heavy atom. The fourth-order valence-corrected chi connectivity index (χ4v) is 4.55. The highest BCUT2D eigenvalue weighted by Gasteiger charge is 2.31. The molecular formula is C28H22F2N7O4. The summed E-state index contributed by atoms with van der Waals surface area (Å²) in [5.74, 6) is -1.68. The van der Waals surface area contributed by atoms with Crippen molar-refractivity contribution < 1.29 is 13.7 Å². The number of aromatic amines is 1. The van der Waals surface area contributed by atoms with Gasteiger partial charge >= 0.3 is 5.69 Å². The van der Waals surface area contributed by atoms with Crippen LogP contribution in [-0.4, -0.2) is 48.2 Å². The molecule has 3 heterocycles. The third-order valence-electron chi connectivity index (χ3n) is 6.26. The highest BCUT2D eigenvalue weighted by molar-refractivity contribution is 5.83. The number of nitro benzene ring substituents is 1. The van der Waals surface area contributed by atoms with E-state index in [0.717, 1.165) is 29.0 Å². The van der Waals surface area contributed by atoms with Gasteiger partial charge in [0, 0.05) is 43.2 Å². The van der Waals surface area contributed by atoms with Crippen LogP contribution in [0.1, 0.15) is 16.7 Å². The van der Waals surface area contributed by atoms with Gasteiger partial charge in [-0.1, -0.05) is 6.07 Å². The number of rotatable bonds is 8. The van der Waals surface area contributed by atoms with Crippen molar-refractivity contribution >= 4 is 5.69 Å². The number of nitrogens with one attached hydrogen (secondary N) is 1. The molecule has 207 valence electrons. The molecule has 0 unspecified atom stereocenters. The summed E-state index contributed by atoms with van der Waals surface area (Å²) >= 11 is 0. The van der Waals surface area contributed by atoms with Crippen LogP contribution in [-0.2, 0) is 13.0 Å². The van der Waals surface area contributed by atoms with Crippen LogP contribution in [0.3, 0.4) is 0 Å².